The number of carbonyl (C=O) groups is 1. The molecule has 0 spiro atoms. The Kier molecular flexibility index (Phi) is 5.51. The quantitative estimate of drug-likeness (QED) is 0.710. The summed E-state index contributed by atoms with van der Waals surface area (Å²) >= 11 is 0. The fourth-order valence-corrected chi connectivity index (χ4v) is 3.65. The summed E-state index contributed by atoms with van der Waals surface area (Å²) in [4.78, 5) is 23.8. The number of carbonyl (C=O) groups excluding carboxylic acids is 1. The van der Waals surface area contributed by atoms with Gasteiger partial charge in [-0.2, -0.15) is 0 Å². The largest absolute Gasteiger partial charge is 0.354 e. The Morgan fingerprint density at radius 1 is 1.14 bits per heavy atom. The highest BCUT2D eigenvalue weighted by Gasteiger charge is 2.24. The molecule has 29 heavy (non-hydrogen) atoms. The topological polar surface area (TPSA) is 58.1 Å². The van der Waals surface area contributed by atoms with Gasteiger partial charge in [0.1, 0.15) is 11.5 Å². The molecule has 4 rings (SSSR count). The molecule has 6 heteroatoms. The second-order valence-corrected chi connectivity index (χ2v) is 7.18. The molecule has 0 bridgehead atoms. The molecule has 0 atom stereocenters. The highest BCUT2D eigenvalue weighted by Crippen LogP contribution is 2.28. The van der Waals surface area contributed by atoms with Gasteiger partial charge in [0.25, 0.3) is 5.91 Å². The van der Waals surface area contributed by atoms with Crippen LogP contribution >= 0.6 is 0 Å². The van der Waals surface area contributed by atoms with Gasteiger partial charge in [-0.15, -0.1) is 0 Å². The molecule has 1 amide bonds. The van der Waals surface area contributed by atoms with Crippen molar-refractivity contribution in [2.24, 2.45) is 0 Å². The van der Waals surface area contributed by atoms with Crippen molar-refractivity contribution in [3.05, 3.63) is 82.9 Å². The first-order valence-electron chi connectivity index (χ1n) is 9.84. The average Bonchev–Trinajstić information content (AvgIpc) is 2.74. The number of para-hydroxylation sites is 1. The van der Waals surface area contributed by atoms with Gasteiger partial charge >= 0.3 is 0 Å². The molecule has 0 aliphatic carbocycles. The molecule has 0 saturated heterocycles. The van der Waals surface area contributed by atoms with Gasteiger partial charge in [-0.1, -0.05) is 36.4 Å². The van der Waals surface area contributed by atoms with Gasteiger partial charge in [-0.25, -0.2) is 14.4 Å². The van der Waals surface area contributed by atoms with E-state index in [0.717, 1.165) is 18.5 Å². The molecule has 1 aliphatic rings. The Bertz CT molecular complexity index is 1040. The van der Waals surface area contributed by atoms with E-state index in [0.29, 0.717) is 42.4 Å². The summed E-state index contributed by atoms with van der Waals surface area (Å²) in [5.74, 6) is 0.0360. The molecule has 1 aromatic heterocycles. The van der Waals surface area contributed by atoms with Crippen LogP contribution in [0.2, 0.25) is 0 Å². The fraction of sp³-hybridized carbons (Fsp3) is 0.261. The van der Waals surface area contributed by atoms with Crippen LogP contribution in [0.15, 0.2) is 54.6 Å². The van der Waals surface area contributed by atoms with E-state index in [1.165, 1.54) is 11.6 Å². The predicted octanol–water partition coefficient (Wildman–Crippen LogP) is 4.17. The summed E-state index contributed by atoms with van der Waals surface area (Å²) in [5.41, 5.74) is 3.84. The van der Waals surface area contributed by atoms with E-state index >= 15 is 0 Å². The number of halogens is 1. The summed E-state index contributed by atoms with van der Waals surface area (Å²) in [7, 11) is 0. The minimum atomic E-state index is -0.223. The maximum atomic E-state index is 13.8. The van der Waals surface area contributed by atoms with Crippen LogP contribution in [0.5, 0.6) is 0 Å². The summed E-state index contributed by atoms with van der Waals surface area (Å²) < 4.78 is 13.8. The highest BCUT2D eigenvalue weighted by molar-refractivity contribution is 6.05. The van der Waals surface area contributed by atoms with E-state index in [1.807, 2.05) is 31.2 Å². The van der Waals surface area contributed by atoms with Gasteiger partial charge in [0.2, 0.25) is 5.95 Å². The molecule has 1 aliphatic heterocycles. The Morgan fingerprint density at radius 2 is 1.93 bits per heavy atom. The fourth-order valence-electron chi connectivity index (χ4n) is 3.65. The molecule has 1 N–H and O–H groups in total. The maximum absolute atomic E-state index is 13.8. The molecule has 5 nitrogen and oxygen atoms in total. The summed E-state index contributed by atoms with van der Waals surface area (Å²) in [6, 6.07) is 16.4. The van der Waals surface area contributed by atoms with Gasteiger partial charge in [-0.3, -0.25) is 4.79 Å². The van der Waals surface area contributed by atoms with Gasteiger partial charge in [0.05, 0.1) is 0 Å². The van der Waals surface area contributed by atoms with E-state index in [9.17, 15) is 9.18 Å². The first-order chi connectivity index (χ1) is 14.1. The third-order valence-corrected chi connectivity index (χ3v) is 5.06. The van der Waals surface area contributed by atoms with E-state index in [2.05, 4.69) is 21.4 Å². The van der Waals surface area contributed by atoms with Crippen LogP contribution in [0.4, 0.5) is 16.0 Å². The van der Waals surface area contributed by atoms with Crippen molar-refractivity contribution < 1.29 is 9.18 Å². The Labute approximate surface area is 169 Å². The lowest BCUT2D eigenvalue weighted by molar-refractivity contribution is 0.0980. The number of rotatable bonds is 5. The molecule has 0 fully saturated rings. The molecular formula is C23H23FN4O. The van der Waals surface area contributed by atoms with Crippen LogP contribution in [0.3, 0.4) is 0 Å². The average molecular weight is 390 g/mol. The molecular weight excluding hydrogens is 367 g/mol. The summed E-state index contributed by atoms with van der Waals surface area (Å²) in [6.07, 6.45) is 2.42. The lowest BCUT2D eigenvalue weighted by Gasteiger charge is -2.29. The van der Waals surface area contributed by atoms with Crippen molar-refractivity contribution in [1.82, 2.24) is 9.97 Å². The van der Waals surface area contributed by atoms with Gasteiger partial charge < -0.3 is 10.2 Å². The number of hydrogen-bond acceptors (Lipinski definition) is 4. The lowest BCUT2D eigenvalue weighted by Crippen LogP contribution is -2.36. The number of aromatic nitrogens is 2. The number of aryl methyl sites for hydroxylation is 2. The Morgan fingerprint density at radius 3 is 2.79 bits per heavy atom. The van der Waals surface area contributed by atoms with Crippen molar-refractivity contribution >= 4 is 17.5 Å². The standard InChI is InChI=1S/C23H23FN4O/c1-16-15-20(22(29)28-14-6-9-18-8-3-5-11-21(18)28)27-23(26-16)25-13-12-17-7-2-4-10-19(17)24/h2-5,7-8,10-11,15H,6,9,12-14H2,1H3,(H,25,26,27). The van der Waals surface area contributed by atoms with Gasteiger partial charge in [0, 0.05) is 24.5 Å². The van der Waals surface area contributed by atoms with E-state index in [4.69, 9.17) is 0 Å². The zero-order valence-electron chi connectivity index (χ0n) is 16.4. The van der Waals surface area contributed by atoms with Gasteiger partial charge in [-0.05, 0) is 55.5 Å². The lowest BCUT2D eigenvalue weighted by atomic mass is 10.0. The van der Waals surface area contributed by atoms with Crippen molar-refractivity contribution in [2.45, 2.75) is 26.2 Å². The molecule has 0 radical (unpaired) electrons. The third kappa shape index (κ3) is 4.26. The van der Waals surface area contributed by atoms with Crippen LogP contribution in [0.1, 0.15) is 33.7 Å². The van der Waals surface area contributed by atoms with Crippen LogP contribution < -0.4 is 10.2 Å². The summed E-state index contributed by atoms with van der Waals surface area (Å²) in [6.45, 7) is 2.99. The zero-order chi connectivity index (χ0) is 20.2. The smallest absolute Gasteiger partial charge is 0.277 e. The van der Waals surface area contributed by atoms with Crippen LogP contribution in [-0.4, -0.2) is 29.0 Å². The van der Waals surface area contributed by atoms with Gasteiger partial charge in [0.15, 0.2) is 0 Å². The third-order valence-electron chi connectivity index (χ3n) is 5.06. The number of benzene rings is 2. The molecule has 2 aromatic carbocycles. The van der Waals surface area contributed by atoms with E-state index in [-0.39, 0.29) is 11.7 Å². The molecule has 0 unspecified atom stereocenters. The predicted molar refractivity (Wildman–Crippen MR) is 112 cm³/mol. The van der Waals surface area contributed by atoms with Crippen molar-refractivity contribution in [3.8, 4) is 0 Å². The first kappa shape index (κ1) is 19.1. The second-order valence-electron chi connectivity index (χ2n) is 7.18. The van der Waals surface area contributed by atoms with Crippen LogP contribution in [0.25, 0.3) is 0 Å². The molecule has 148 valence electrons. The zero-order valence-corrected chi connectivity index (χ0v) is 16.4. The van der Waals surface area contributed by atoms with Crippen molar-refractivity contribution in [3.63, 3.8) is 0 Å². The van der Waals surface area contributed by atoms with Crippen LogP contribution in [-0.2, 0) is 12.8 Å². The maximum Gasteiger partial charge on any atom is 0.277 e. The number of nitrogens with one attached hydrogen (secondary N) is 1. The monoisotopic (exact) mass is 390 g/mol. The SMILES string of the molecule is Cc1cc(C(=O)N2CCCc3ccccc32)nc(NCCc2ccccc2F)n1. The number of hydrogen-bond donors (Lipinski definition) is 1. The minimum absolute atomic E-state index is 0.125. The summed E-state index contributed by atoms with van der Waals surface area (Å²) in [5, 5.41) is 3.12. The number of nitrogens with zero attached hydrogens (tertiary/aromatic N) is 3. The molecule has 3 aromatic rings. The van der Waals surface area contributed by atoms with E-state index in [1.54, 1.807) is 23.1 Å². The number of fused-ring (bicyclic) bond motifs is 1. The normalized spacial score (nSPS) is 13.1. The van der Waals surface area contributed by atoms with Crippen molar-refractivity contribution in [1.29, 1.82) is 0 Å². The molecule has 2 heterocycles. The number of anilines is 2. The second kappa shape index (κ2) is 8.39. The van der Waals surface area contributed by atoms with Crippen LogP contribution in [0, 0.1) is 12.7 Å². The first-order valence-corrected chi connectivity index (χ1v) is 9.84. The van der Waals surface area contributed by atoms with E-state index < -0.39 is 0 Å². The minimum Gasteiger partial charge on any atom is -0.354 e. The molecule has 0 saturated carbocycles. The van der Waals surface area contributed by atoms with Crippen molar-refractivity contribution in [2.75, 3.05) is 23.3 Å². The highest BCUT2D eigenvalue weighted by atomic mass is 19.1. The number of amides is 1. The Hall–Kier alpha value is -3.28. The Balaban J connectivity index is 1.50.